The summed E-state index contributed by atoms with van der Waals surface area (Å²) >= 11 is 0. The number of halogens is 1. The molecule has 3 fully saturated rings. The van der Waals surface area contributed by atoms with Gasteiger partial charge in [0.15, 0.2) is 0 Å². The molecular weight excluding hydrogens is 361 g/mol. The van der Waals surface area contributed by atoms with Crippen molar-refractivity contribution in [2.75, 3.05) is 6.54 Å². The van der Waals surface area contributed by atoms with Gasteiger partial charge in [-0.25, -0.2) is 9.18 Å². The van der Waals surface area contributed by atoms with E-state index in [-0.39, 0.29) is 17.3 Å². The van der Waals surface area contributed by atoms with E-state index in [0.29, 0.717) is 32.4 Å². The van der Waals surface area contributed by atoms with Crippen LogP contribution in [0, 0.1) is 16.6 Å². The van der Waals surface area contributed by atoms with Gasteiger partial charge in [0.25, 0.3) is 0 Å². The van der Waals surface area contributed by atoms with E-state index in [0.717, 1.165) is 24.8 Å². The lowest BCUT2D eigenvalue weighted by atomic mass is 9.53. The summed E-state index contributed by atoms with van der Waals surface area (Å²) in [5.74, 6) is -0.994. The molecular formula is C22H30FNO4. The lowest BCUT2D eigenvalue weighted by molar-refractivity contribution is -0.159. The molecule has 0 spiro atoms. The second-order valence-corrected chi connectivity index (χ2v) is 9.55. The van der Waals surface area contributed by atoms with Crippen molar-refractivity contribution in [3.05, 3.63) is 35.6 Å². The molecule has 0 atom stereocenters. The maximum Gasteiger partial charge on any atom is 0.410 e. The molecule has 1 aromatic carbocycles. The van der Waals surface area contributed by atoms with Crippen LogP contribution < -0.4 is 0 Å². The van der Waals surface area contributed by atoms with Gasteiger partial charge in [0.2, 0.25) is 0 Å². The summed E-state index contributed by atoms with van der Waals surface area (Å²) in [6.07, 6.45) is 4.04. The van der Waals surface area contributed by atoms with Gasteiger partial charge in [-0.05, 0) is 82.4 Å². The van der Waals surface area contributed by atoms with Crippen molar-refractivity contribution in [1.82, 2.24) is 4.90 Å². The topological polar surface area (TPSA) is 66.8 Å². The molecule has 0 aromatic heterocycles. The summed E-state index contributed by atoms with van der Waals surface area (Å²) in [6, 6.07) is 6.15. The number of rotatable bonds is 5. The third-order valence-corrected chi connectivity index (χ3v) is 6.32. The monoisotopic (exact) mass is 391 g/mol. The van der Waals surface area contributed by atoms with Gasteiger partial charge in [0.1, 0.15) is 11.4 Å². The van der Waals surface area contributed by atoms with E-state index in [9.17, 15) is 19.1 Å². The van der Waals surface area contributed by atoms with Crippen molar-refractivity contribution in [3.8, 4) is 0 Å². The summed E-state index contributed by atoms with van der Waals surface area (Å²) in [5, 5.41) is 9.60. The highest BCUT2D eigenvalue weighted by molar-refractivity contribution is 5.75. The lowest BCUT2D eigenvalue weighted by Crippen LogP contribution is -2.51. The molecule has 0 aliphatic heterocycles. The SMILES string of the molecule is CC(C)(C)OC(=O)N(Cc1ccc(F)cc1)CC12CCC(C(=O)O)(CC1)CC2. The first-order valence-electron chi connectivity index (χ1n) is 9.98. The molecule has 154 valence electrons. The van der Waals surface area contributed by atoms with Crippen LogP contribution in [0.2, 0.25) is 0 Å². The normalized spacial score (nSPS) is 26.7. The zero-order valence-corrected chi connectivity index (χ0v) is 17.0. The summed E-state index contributed by atoms with van der Waals surface area (Å²) < 4.78 is 18.9. The van der Waals surface area contributed by atoms with E-state index in [1.807, 2.05) is 20.8 Å². The standard InChI is InChI=1S/C22H30FNO4/c1-20(2,3)28-19(27)24(14-16-4-6-17(23)7-5-16)15-21-8-11-22(12-9-21,13-10-21)18(25)26/h4-7H,8-15H2,1-3H3,(H,25,26). The number of ether oxygens (including phenoxy) is 1. The van der Waals surface area contributed by atoms with Gasteiger partial charge in [0, 0.05) is 13.1 Å². The minimum absolute atomic E-state index is 0.0614. The Morgan fingerprint density at radius 3 is 2.07 bits per heavy atom. The number of aliphatic carboxylic acids is 1. The molecule has 6 heteroatoms. The predicted octanol–water partition coefficient (Wildman–Crippen LogP) is 4.99. The van der Waals surface area contributed by atoms with E-state index in [1.165, 1.54) is 12.1 Å². The van der Waals surface area contributed by atoms with Gasteiger partial charge in [-0.2, -0.15) is 0 Å². The van der Waals surface area contributed by atoms with Crippen molar-refractivity contribution < 1.29 is 23.8 Å². The second-order valence-electron chi connectivity index (χ2n) is 9.55. The van der Waals surface area contributed by atoms with Crippen LogP contribution in [0.15, 0.2) is 24.3 Å². The number of carbonyl (C=O) groups is 2. The van der Waals surface area contributed by atoms with Crippen LogP contribution in [0.1, 0.15) is 64.9 Å². The maximum absolute atomic E-state index is 13.2. The van der Waals surface area contributed by atoms with E-state index >= 15 is 0 Å². The number of amides is 1. The molecule has 0 unspecified atom stereocenters. The highest BCUT2D eigenvalue weighted by Crippen LogP contribution is 2.57. The van der Waals surface area contributed by atoms with Crippen molar-refractivity contribution in [1.29, 1.82) is 0 Å². The molecule has 0 heterocycles. The van der Waals surface area contributed by atoms with Crippen LogP contribution in [0.4, 0.5) is 9.18 Å². The Hall–Kier alpha value is -2.11. The first kappa shape index (κ1) is 20.6. The number of hydrogen-bond acceptors (Lipinski definition) is 3. The Labute approximate surface area is 165 Å². The van der Waals surface area contributed by atoms with Crippen LogP contribution in [0.5, 0.6) is 0 Å². The van der Waals surface area contributed by atoms with E-state index in [2.05, 4.69) is 0 Å². The van der Waals surface area contributed by atoms with Crippen molar-refractivity contribution in [2.45, 2.75) is 71.4 Å². The van der Waals surface area contributed by atoms with Crippen LogP contribution in [-0.4, -0.2) is 34.2 Å². The molecule has 3 saturated carbocycles. The van der Waals surface area contributed by atoms with Gasteiger partial charge in [-0.1, -0.05) is 12.1 Å². The Kier molecular flexibility index (Phi) is 5.43. The molecule has 0 radical (unpaired) electrons. The number of hydrogen-bond donors (Lipinski definition) is 1. The maximum atomic E-state index is 13.2. The Morgan fingerprint density at radius 2 is 1.61 bits per heavy atom. The molecule has 2 bridgehead atoms. The molecule has 3 aliphatic rings. The summed E-state index contributed by atoms with van der Waals surface area (Å²) in [7, 11) is 0. The smallest absolute Gasteiger partial charge is 0.410 e. The van der Waals surface area contributed by atoms with Crippen molar-refractivity contribution in [3.63, 3.8) is 0 Å². The molecule has 3 aliphatic carbocycles. The van der Waals surface area contributed by atoms with Crippen molar-refractivity contribution in [2.24, 2.45) is 10.8 Å². The van der Waals surface area contributed by atoms with Gasteiger partial charge in [0.05, 0.1) is 5.41 Å². The van der Waals surface area contributed by atoms with Crippen LogP contribution in [0.3, 0.4) is 0 Å². The number of carboxylic acid groups (broad SMARTS) is 1. The van der Waals surface area contributed by atoms with Gasteiger partial charge < -0.3 is 14.7 Å². The highest BCUT2D eigenvalue weighted by atomic mass is 19.1. The van der Waals surface area contributed by atoms with Crippen LogP contribution in [-0.2, 0) is 16.1 Å². The number of nitrogens with zero attached hydrogens (tertiary/aromatic N) is 1. The quantitative estimate of drug-likeness (QED) is 0.768. The molecule has 5 nitrogen and oxygen atoms in total. The number of carbonyl (C=O) groups excluding carboxylic acids is 1. The van der Waals surface area contributed by atoms with E-state index < -0.39 is 17.0 Å². The van der Waals surface area contributed by atoms with Crippen molar-refractivity contribution >= 4 is 12.1 Å². The molecule has 4 rings (SSSR count). The fourth-order valence-corrected chi connectivity index (χ4v) is 4.55. The van der Waals surface area contributed by atoms with Gasteiger partial charge in [-0.15, -0.1) is 0 Å². The first-order chi connectivity index (χ1) is 13.0. The molecule has 0 saturated heterocycles. The average molecular weight is 391 g/mol. The molecule has 1 aromatic rings. The van der Waals surface area contributed by atoms with E-state index in [1.54, 1.807) is 17.0 Å². The Morgan fingerprint density at radius 1 is 1.07 bits per heavy atom. The molecule has 28 heavy (non-hydrogen) atoms. The van der Waals surface area contributed by atoms with Crippen LogP contribution in [0.25, 0.3) is 0 Å². The average Bonchev–Trinajstić information content (AvgIpc) is 2.63. The predicted molar refractivity (Wildman–Crippen MR) is 103 cm³/mol. The van der Waals surface area contributed by atoms with Crippen LogP contribution >= 0.6 is 0 Å². The molecule has 1 amide bonds. The van der Waals surface area contributed by atoms with Gasteiger partial charge in [-0.3, -0.25) is 4.79 Å². The zero-order valence-electron chi connectivity index (χ0n) is 17.0. The fraction of sp³-hybridized carbons (Fsp3) is 0.636. The first-order valence-corrected chi connectivity index (χ1v) is 9.98. The number of benzene rings is 1. The zero-order chi connectivity index (χ0) is 20.6. The third kappa shape index (κ3) is 4.47. The Balaban J connectivity index is 1.76. The lowest BCUT2D eigenvalue weighted by Gasteiger charge is -2.52. The summed E-state index contributed by atoms with van der Waals surface area (Å²) in [6.45, 7) is 6.39. The molecule has 1 N–H and O–H groups in total. The fourth-order valence-electron chi connectivity index (χ4n) is 4.55. The second kappa shape index (κ2) is 7.37. The van der Waals surface area contributed by atoms with Gasteiger partial charge >= 0.3 is 12.1 Å². The summed E-state index contributed by atoms with van der Waals surface area (Å²) in [5.41, 5.74) is -0.396. The largest absolute Gasteiger partial charge is 0.481 e. The van der Waals surface area contributed by atoms with E-state index in [4.69, 9.17) is 4.74 Å². The number of carboxylic acids is 1. The minimum Gasteiger partial charge on any atom is -0.481 e. The third-order valence-electron chi connectivity index (χ3n) is 6.32. The number of fused-ring (bicyclic) bond motifs is 3. The summed E-state index contributed by atoms with van der Waals surface area (Å²) in [4.78, 5) is 26.3. The highest BCUT2D eigenvalue weighted by Gasteiger charge is 2.53. The minimum atomic E-state index is -0.684. The Bertz CT molecular complexity index is 713.